The zero-order chi connectivity index (χ0) is 37.2. The Morgan fingerprint density at radius 1 is 0.429 bits per heavy atom. The second-order valence-corrected chi connectivity index (χ2v) is 14.1. The van der Waals surface area contributed by atoms with Crippen LogP contribution in [-0.4, -0.2) is 19.1 Å². The molecule has 5 nitrogen and oxygen atoms in total. The Morgan fingerprint density at radius 3 is 1.89 bits per heavy atom. The average Bonchev–Trinajstić information content (AvgIpc) is 3.80. The Labute approximate surface area is 322 Å². The van der Waals surface area contributed by atoms with E-state index >= 15 is 0 Å². The summed E-state index contributed by atoms with van der Waals surface area (Å²) in [5, 5.41) is 15.2. The Morgan fingerprint density at radius 2 is 1.09 bits per heavy atom. The molecule has 0 aliphatic rings. The summed E-state index contributed by atoms with van der Waals surface area (Å²) >= 11 is 0. The minimum absolute atomic E-state index is 0.619. The molecule has 0 unspecified atom stereocenters. The van der Waals surface area contributed by atoms with Gasteiger partial charge < -0.3 is 9.13 Å². The van der Waals surface area contributed by atoms with Gasteiger partial charge in [-0.3, -0.25) is 0 Å². The SMILES string of the molecule is N#Cc1ccc(-n2c3cccc(-c4nc(-c5ccccc5)c5ccccc5n4)c3c3ccc4c(c5ccccc5n4-c4cccc(-c5ccccc5)c4)c32)cc1. The van der Waals surface area contributed by atoms with Crippen molar-refractivity contribution < 1.29 is 0 Å². The maximum Gasteiger partial charge on any atom is 0.161 e. The molecule has 3 aromatic heterocycles. The lowest BCUT2D eigenvalue weighted by Gasteiger charge is -2.11. The van der Waals surface area contributed by atoms with Crippen LogP contribution in [0.25, 0.3) is 99.7 Å². The average molecular weight is 714 g/mol. The number of nitrogens with zero attached hydrogens (tertiary/aromatic N) is 5. The van der Waals surface area contributed by atoms with Crippen molar-refractivity contribution >= 4 is 54.5 Å². The fraction of sp³-hybridized carbons (Fsp3) is 0. The summed E-state index contributed by atoms with van der Waals surface area (Å²) in [5.41, 5.74) is 13.2. The van der Waals surface area contributed by atoms with Crippen LogP contribution >= 0.6 is 0 Å². The summed E-state index contributed by atoms with van der Waals surface area (Å²) in [6.07, 6.45) is 0. The van der Waals surface area contributed by atoms with Crippen molar-refractivity contribution in [2.45, 2.75) is 0 Å². The summed E-state index contributed by atoms with van der Waals surface area (Å²) in [5.74, 6) is 0.673. The first-order valence-electron chi connectivity index (χ1n) is 18.7. The highest BCUT2D eigenvalue weighted by Gasteiger charge is 2.24. The van der Waals surface area contributed by atoms with Gasteiger partial charge in [-0.25, -0.2) is 9.97 Å². The van der Waals surface area contributed by atoms with E-state index in [1.165, 1.54) is 5.56 Å². The van der Waals surface area contributed by atoms with Crippen molar-refractivity contribution in [2.24, 2.45) is 0 Å². The molecule has 8 aromatic carbocycles. The van der Waals surface area contributed by atoms with Crippen LogP contribution in [0.4, 0.5) is 0 Å². The van der Waals surface area contributed by atoms with Crippen molar-refractivity contribution in [1.29, 1.82) is 5.26 Å². The summed E-state index contributed by atoms with van der Waals surface area (Å²) < 4.78 is 4.74. The van der Waals surface area contributed by atoms with Gasteiger partial charge in [0, 0.05) is 49.4 Å². The minimum Gasteiger partial charge on any atom is -0.309 e. The predicted molar refractivity (Wildman–Crippen MR) is 229 cm³/mol. The number of para-hydroxylation sites is 2. The lowest BCUT2D eigenvalue weighted by atomic mass is 10.0. The van der Waals surface area contributed by atoms with E-state index in [0.29, 0.717) is 11.4 Å². The number of benzene rings is 8. The van der Waals surface area contributed by atoms with Crippen LogP contribution < -0.4 is 0 Å². The predicted octanol–water partition coefficient (Wildman–Crippen LogP) is 12.7. The molecule has 56 heavy (non-hydrogen) atoms. The van der Waals surface area contributed by atoms with Gasteiger partial charge in [-0.2, -0.15) is 5.26 Å². The lowest BCUT2D eigenvalue weighted by molar-refractivity contribution is 1.17. The maximum absolute atomic E-state index is 9.73. The standard InChI is InChI=1S/C51H31N5/c52-32-33-25-27-37(28-26-33)56-45-24-12-21-42(51-53-43-22-9-7-19-39(43)49(54-51)35-15-5-2-6-16-35)47(45)41-29-30-46-48(50(41)56)40-20-8-10-23-44(40)55(46)38-18-11-17-36(31-38)34-13-3-1-4-14-34/h1-31H. The quantitative estimate of drug-likeness (QED) is 0.178. The number of hydrogen-bond acceptors (Lipinski definition) is 3. The fourth-order valence-electron chi connectivity index (χ4n) is 8.49. The zero-order valence-corrected chi connectivity index (χ0v) is 30.1. The first kappa shape index (κ1) is 31.7. The zero-order valence-electron chi connectivity index (χ0n) is 30.1. The molecule has 0 bridgehead atoms. The monoisotopic (exact) mass is 713 g/mol. The smallest absolute Gasteiger partial charge is 0.161 e. The molecular weight excluding hydrogens is 683 g/mol. The van der Waals surface area contributed by atoms with Gasteiger partial charge in [0.15, 0.2) is 5.82 Å². The van der Waals surface area contributed by atoms with Gasteiger partial charge >= 0.3 is 0 Å². The minimum atomic E-state index is 0.619. The Hall–Kier alpha value is -7.81. The maximum atomic E-state index is 9.73. The molecule has 0 radical (unpaired) electrons. The molecule has 3 heterocycles. The fourth-order valence-corrected chi connectivity index (χ4v) is 8.49. The van der Waals surface area contributed by atoms with Gasteiger partial charge in [-0.05, 0) is 71.8 Å². The van der Waals surface area contributed by atoms with Gasteiger partial charge in [-0.1, -0.05) is 127 Å². The molecular formula is C51H31N5. The molecule has 0 atom stereocenters. The van der Waals surface area contributed by atoms with Crippen LogP contribution in [0.1, 0.15) is 5.56 Å². The number of nitriles is 1. The van der Waals surface area contributed by atoms with Gasteiger partial charge in [0.05, 0.1) is 44.9 Å². The van der Waals surface area contributed by atoms with E-state index in [1.54, 1.807) is 0 Å². The number of rotatable bonds is 5. The van der Waals surface area contributed by atoms with Crippen LogP contribution in [0.2, 0.25) is 0 Å². The second-order valence-electron chi connectivity index (χ2n) is 14.1. The molecule has 11 aromatic rings. The molecule has 0 N–H and O–H groups in total. The summed E-state index contributed by atoms with van der Waals surface area (Å²) in [6.45, 7) is 0. The van der Waals surface area contributed by atoms with Crippen LogP contribution in [0.3, 0.4) is 0 Å². The van der Waals surface area contributed by atoms with E-state index in [-0.39, 0.29) is 0 Å². The van der Waals surface area contributed by atoms with Crippen LogP contribution in [0.5, 0.6) is 0 Å². The Kier molecular flexibility index (Phi) is 7.16. The van der Waals surface area contributed by atoms with Gasteiger partial charge in [-0.15, -0.1) is 0 Å². The topological polar surface area (TPSA) is 59.4 Å². The molecule has 0 fully saturated rings. The number of hydrogen-bond donors (Lipinski definition) is 0. The molecule has 0 saturated heterocycles. The van der Waals surface area contributed by atoms with Crippen molar-refractivity contribution in [2.75, 3.05) is 0 Å². The van der Waals surface area contributed by atoms with Crippen molar-refractivity contribution in [3.63, 3.8) is 0 Å². The number of fused-ring (bicyclic) bond motifs is 8. The summed E-state index contributed by atoms with van der Waals surface area (Å²) in [7, 11) is 0. The highest BCUT2D eigenvalue weighted by Crippen LogP contribution is 2.45. The van der Waals surface area contributed by atoms with Gasteiger partial charge in [0.1, 0.15) is 0 Å². The third-order valence-electron chi connectivity index (χ3n) is 10.9. The van der Waals surface area contributed by atoms with E-state index in [9.17, 15) is 5.26 Å². The molecule has 0 amide bonds. The first-order valence-corrected chi connectivity index (χ1v) is 18.7. The Balaban J connectivity index is 1.26. The van der Waals surface area contributed by atoms with E-state index in [4.69, 9.17) is 9.97 Å². The van der Waals surface area contributed by atoms with E-state index in [1.807, 2.05) is 42.5 Å². The molecule has 5 heteroatoms. The molecule has 0 spiro atoms. The normalized spacial score (nSPS) is 11.6. The highest BCUT2D eigenvalue weighted by atomic mass is 15.0. The summed E-state index contributed by atoms with van der Waals surface area (Å²) in [4.78, 5) is 10.6. The van der Waals surface area contributed by atoms with Gasteiger partial charge in [0.25, 0.3) is 0 Å². The largest absolute Gasteiger partial charge is 0.309 e. The van der Waals surface area contributed by atoms with E-state index < -0.39 is 0 Å². The van der Waals surface area contributed by atoms with E-state index in [2.05, 4.69) is 161 Å². The van der Waals surface area contributed by atoms with Crippen molar-refractivity contribution in [3.8, 4) is 51.2 Å². The summed E-state index contributed by atoms with van der Waals surface area (Å²) in [6, 6.07) is 67.8. The first-order chi connectivity index (χ1) is 27.7. The van der Waals surface area contributed by atoms with Crippen LogP contribution in [0, 0.1) is 11.3 Å². The third kappa shape index (κ3) is 4.87. The molecule has 0 aliphatic carbocycles. The molecule has 0 saturated carbocycles. The molecule has 260 valence electrons. The second kappa shape index (κ2) is 12.7. The molecule has 11 rings (SSSR count). The number of aromatic nitrogens is 4. The van der Waals surface area contributed by atoms with Crippen molar-refractivity contribution in [3.05, 3.63) is 194 Å². The third-order valence-corrected chi connectivity index (χ3v) is 10.9. The van der Waals surface area contributed by atoms with Crippen molar-refractivity contribution in [1.82, 2.24) is 19.1 Å². The van der Waals surface area contributed by atoms with Crippen LogP contribution in [-0.2, 0) is 0 Å². The van der Waals surface area contributed by atoms with E-state index in [0.717, 1.165) is 88.3 Å². The van der Waals surface area contributed by atoms with Gasteiger partial charge in [0.2, 0.25) is 0 Å². The lowest BCUT2D eigenvalue weighted by Crippen LogP contribution is -1.97. The molecule has 0 aliphatic heterocycles. The Bertz CT molecular complexity index is 3350. The highest BCUT2D eigenvalue weighted by molar-refractivity contribution is 6.28. The van der Waals surface area contributed by atoms with Crippen LogP contribution in [0.15, 0.2) is 188 Å².